The van der Waals surface area contributed by atoms with Crippen LogP contribution in [0.1, 0.15) is 54.9 Å². The number of aliphatic carboxylic acids is 3. The van der Waals surface area contributed by atoms with Gasteiger partial charge in [0, 0.05) is 32.2 Å². The van der Waals surface area contributed by atoms with Crippen molar-refractivity contribution in [3.05, 3.63) is 125 Å². The molecule has 0 fully saturated rings. The number of carbonyl (C=O) groups excluding carboxylic acids is 8. The van der Waals surface area contributed by atoms with Crippen molar-refractivity contribution in [2.24, 2.45) is 11.5 Å². The van der Waals surface area contributed by atoms with E-state index in [9.17, 15) is 83.4 Å². The van der Waals surface area contributed by atoms with E-state index in [0.717, 1.165) is 0 Å². The molecule has 0 aromatic heterocycles. The highest BCUT2D eigenvalue weighted by atomic mass is 16.4. The molecule has 4 rings (SSSR count). The van der Waals surface area contributed by atoms with Crippen molar-refractivity contribution in [3.63, 3.8) is 0 Å². The molecule has 84 heavy (non-hydrogen) atoms. The van der Waals surface area contributed by atoms with E-state index in [-0.39, 0.29) is 62.3 Å². The molecular formula is C55H68N12O17. The summed E-state index contributed by atoms with van der Waals surface area (Å²) in [5, 5.41) is 87.8. The Hall–Kier alpha value is -10.3. The average Bonchev–Trinajstić information content (AvgIpc) is 3.44. The lowest BCUT2D eigenvalue weighted by molar-refractivity contribution is -0.143. The number of nitrogens with two attached hydrogens (primary N) is 2. The molecule has 0 saturated heterocycles. The van der Waals surface area contributed by atoms with Crippen LogP contribution in [0.2, 0.25) is 0 Å². The van der Waals surface area contributed by atoms with Crippen LogP contribution in [0.3, 0.4) is 0 Å². The number of hydrogen-bond donors (Lipinski definition) is 18. The van der Waals surface area contributed by atoms with Crippen molar-refractivity contribution in [2.75, 3.05) is 13.1 Å². The molecule has 8 atom stereocenters. The zero-order valence-electron chi connectivity index (χ0n) is 45.3. The van der Waals surface area contributed by atoms with E-state index in [1.807, 2.05) is 0 Å². The zero-order valence-corrected chi connectivity index (χ0v) is 45.3. The van der Waals surface area contributed by atoms with Crippen molar-refractivity contribution >= 4 is 71.1 Å². The molecule has 20 N–H and O–H groups in total. The number of rotatable bonds is 33. The van der Waals surface area contributed by atoms with E-state index in [0.29, 0.717) is 22.3 Å². The lowest BCUT2D eigenvalue weighted by atomic mass is 10.0. The molecule has 0 aliphatic rings. The topological polar surface area (TPSA) is 493 Å². The largest absolute Gasteiger partial charge is 0.508 e. The first kappa shape index (κ1) is 66.2. The number of carboxylic acid groups (broad SMARTS) is 3. The molecule has 0 saturated carbocycles. The van der Waals surface area contributed by atoms with Gasteiger partial charge in [0.05, 0.1) is 25.4 Å². The number of carbonyl (C=O) groups is 11. The van der Waals surface area contributed by atoms with Crippen LogP contribution in [0.25, 0.3) is 0 Å². The van der Waals surface area contributed by atoms with Gasteiger partial charge in [0.25, 0.3) is 0 Å². The molecule has 0 radical (unpaired) electrons. The summed E-state index contributed by atoms with van der Waals surface area (Å²) in [5.74, 6) is -13.9. The van der Waals surface area contributed by atoms with Crippen LogP contribution >= 0.6 is 0 Å². The van der Waals surface area contributed by atoms with E-state index in [1.54, 1.807) is 30.3 Å². The van der Waals surface area contributed by atoms with E-state index in [2.05, 4.69) is 47.9 Å². The van der Waals surface area contributed by atoms with Gasteiger partial charge in [0.1, 0.15) is 59.5 Å². The summed E-state index contributed by atoms with van der Waals surface area (Å²) < 4.78 is 0. The molecule has 4 aromatic carbocycles. The van der Waals surface area contributed by atoms with Gasteiger partial charge in [-0.25, -0.2) is 4.79 Å². The van der Waals surface area contributed by atoms with Gasteiger partial charge >= 0.3 is 17.9 Å². The Morgan fingerprint density at radius 3 is 1.20 bits per heavy atom. The molecule has 0 heterocycles. The maximum atomic E-state index is 14.4. The monoisotopic (exact) mass is 1170 g/mol. The van der Waals surface area contributed by atoms with Crippen LogP contribution in [0, 0.1) is 5.41 Å². The van der Waals surface area contributed by atoms with E-state index >= 15 is 0 Å². The maximum Gasteiger partial charge on any atom is 0.326 e. The number of nitrogens with one attached hydrogen (secondary N) is 10. The van der Waals surface area contributed by atoms with Gasteiger partial charge in [-0.1, -0.05) is 66.7 Å². The van der Waals surface area contributed by atoms with Gasteiger partial charge in [0.15, 0.2) is 5.96 Å². The van der Waals surface area contributed by atoms with Crippen LogP contribution in [-0.4, -0.2) is 163 Å². The van der Waals surface area contributed by atoms with E-state index in [4.69, 9.17) is 16.9 Å². The SMILES string of the molecule is C[C@H](N)C(=O)N[C@@H](Cc1ccc(O)cc1)C(=O)N[C@@H](CCCNC(=N)N)C(=O)N[C@@H](CC(=O)O)C(=O)NCC(=O)N[C@@H](Cc1ccc(O)cc1)C(=O)N[C@@H](Cc1ccccc1)C(=O)N[C@@H](CC(=O)O)C(=O)N[C@@H](Cc1ccc(O)cc1)C(=O)O. The second kappa shape index (κ2) is 32.8. The summed E-state index contributed by atoms with van der Waals surface area (Å²) in [6, 6.07) is 11.7. The molecule has 0 aliphatic carbocycles. The Bertz CT molecular complexity index is 2970. The van der Waals surface area contributed by atoms with Crippen molar-refractivity contribution in [3.8, 4) is 17.2 Å². The molecule has 450 valence electrons. The second-order valence-corrected chi connectivity index (χ2v) is 19.3. The molecule has 0 unspecified atom stereocenters. The van der Waals surface area contributed by atoms with Crippen LogP contribution in [0.5, 0.6) is 17.2 Å². The summed E-state index contributed by atoms with van der Waals surface area (Å²) in [6.45, 7) is 0.409. The second-order valence-electron chi connectivity index (χ2n) is 19.3. The quantitative estimate of drug-likeness (QED) is 0.0130. The number of hydrogen-bond acceptors (Lipinski definition) is 16. The first-order valence-corrected chi connectivity index (χ1v) is 26.0. The number of carboxylic acids is 3. The number of phenolic OH excluding ortho intramolecular Hbond substituents is 3. The minimum Gasteiger partial charge on any atom is -0.508 e. The molecule has 0 bridgehead atoms. The highest BCUT2D eigenvalue weighted by molar-refractivity contribution is 5.99. The van der Waals surface area contributed by atoms with Gasteiger partial charge in [-0.2, -0.15) is 0 Å². The van der Waals surface area contributed by atoms with E-state index in [1.165, 1.54) is 79.7 Å². The third kappa shape index (κ3) is 23.4. The van der Waals surface area contributed by atoms with Crippen molar-refractivity contribution in [2.45, 2.75) is 107 Å². The Kier molecular flexibility index (Phi) is 25.9. The smallest absolute Gasteiger partial charge is 0.326 e. The Morgan fingerprint density at radius 1 is 0.440 bits per heavy atom. The molecule has 0 spiro atoms. The minimum atomic E-state index is -1.92. The third-order valence-corrected chi connectivity index (χ3v) is 12.4. The van der Waals surface area contributed by atoms with Crippen LogP contribution in [0.4, 0.5) is 0 Å². The number of aromatic hydroxyl groups is 3. The lowest BCUT2D eigenvalue weighted by Gasteiger charge is -2.26. The summed E-state index contributed by atoms with van der Waals surface area (Å²) >= 11 is 0. The molecule has 29 nitrogen and oxygen atoms in total. The van der Waals surface area contributed by atoms with Gasteiger partial charge in [-0.15, -0.1) is 0 Å². The van der Waals surface area contributed by atoms with Gasteiger partial charge in [-0.05, 0) is 78.4 Å². The first-order valence-electron chi connectivity index (χ1n) is 26.0. The standard InChI is InChI=1S/C55H68N12O17/c1-29(56)47(76)63-39(24-32-11-17-35(69)18-12-32)51(80)62-37(8-5-21-59-55(57)58)49(78)65-41(26-45(72)73)48(77)60-28-44(71)61-38(23-31-9-15-34(68)16-10-31)50(79)64-40(22-30-6-3-2-4-7-30)52(81)66-42(27-46(74)75)53(82)67-43(54(83)84)25-33-13-19-36(70)20-14-33/h2-4,6-7,9-20,29,37-43,68-70H,5,8,21-28,56H2,1H3,(H,60,77)(H,61,71)(H,62,80)(H,63,76)(H,64,79)(H,65,78)(H,66,81)(H,67,82)(H,72,73)(H,74,75)(H,83,84)(H4,57,58,59)/t29-,37-,38-,39-,40-,41-,42-,43-/m0/s1. The van der Waals surface area contributed by atoms with Crippen molar-refractivity contribution in [1.82, 2.24) is 47.9 Å². The predicted octanol–water partition coefficient (Wildman–Crippen LogP) is -2.77. The molecule has 4 aromatic rings. The predicted molar refractivity (Wildman–Crippen MR) is 297 cm³/mol. The summed E-state index contributed by atoms with van der Waals surface area (Å²) in [4.78, 5) is 146. The summed E-state index contributed by atoms with van der Waals surface area (Å²) in [6.07, 6.45) is -3.37. The first-order chi connectivity index (χ1) is 39.8. The Labute approximate surface area is 480 Å². The van der Waals surface area contributed by atoms with Crippen molar-refractivity contribution < 1.29 is 83.4 Å². The normalized spacial score (nSPS) is 13.6. The molecule has 29 heteroatoms. The van der Waals surface area contributed by atoms with Gasteiger partial charge < -0.3 is 90.0 Å². The highest BCUT2D eigenvalue weighted by Crippen LogP contribution is 2.16. The number of benzene rings is 4. The number of guanidine groups is 1. The zero-order chi connectivity index (χ0) is 62.0. The number of amides is 8. The Balaban J connectivity index is 1.56. The number of phenols is 3. The summed E-state index contributed by atoms with van der Waals surface area (Å²) in [5.41, 5.74) is 12.8. The van der Waals surface area contributed by atoms with Crippen LogP contribution in [0.15, 0.2) is 103 Å². The fourth-order valence-electron chi connectivity index (χ4n) is 8.05. The average molecular weight is 1170 g/mol. The summed E-state index contributed by atoms with van der Waals surface area (Å²) in [7, 11) is 0. The van der Waals surface area contributed by atoms with Crippen molar-refractivity contribution in [1.29, 1.82) is 5.41 Å². The fourth-order valence-corrected chi connectivity index (χ4v) is 8.05. The van der Waals surface area contributed by atoms with Crippen LogP contribution in [-0.2, 0) is 78.4 Å². The molecule has 0 aliphatic heterocycles. The maximum absolute atomic E-state index is 14.4. The third-order valence-electron chi connectivity index (χ3n) is 12.4. The highest BCUT2D eigenvalue weighted by Gasteiger charge is 2.35. The lowest BCUT2D eigenvalue weighted by Crippen LogP contribution is -2.59. The van der Waals surface area contributed by atoms with E-state index < -0.39 is 139 Å². The Morgan fingerprint density at radius 2 is 0.786 bits per heavy atom. The fraction of sp³-hybridized carbons (Fsp3) is 0.345. The van der Waals surface area contributed by atoms with Gasteiger partial charge in [-0.3, -0.25) is 53.4 Å². The van der Waals surface area contributed by atoms with Crippen LogP contribution < -0.4 is 59.3 Å². The molecular weight excluding hydrogens is 1100 g/mol. The van der Waals surface area contributed by atoms with Gasteiger partial charge in [0.2, 0.25) is 47.3 Å². The molecule has 8 amide bonds. The minimum absolute atomic E-state index is 0.0151.